The van der Waals surface area contributed by atoms with Crippen LogP contribution in [0.5, 0.6) is 23.0 Å². The number of hydrogen-bond acceptors (Lipinski definition) is 14. The van der Waals surface area contributed by atoms with Crippen molar-refractivity contribution >= 4 is 59.7 Å². The summed E-state index contributed by atoms with van der Waals surface area (Å²) in [6.45, 7) is 18.1. The van der Waals surface area contributed by atoms with E-state index in [9.17, 15) is 38.4 Å². The van der Waals surface area contributed by atoms with Crippen LogP contribution in [0.3, 0.4) is 0 Å². The van der Waals surface area contributed by atoms with Crippen LogP contribution in [0, 0.1) is 23.7 Å². The molecular weight excluding hydrogens is 1100 g/mol. The highest BCUT2D eigenvalue weighted by molar-refractivity contribution is 6.26. The molecule has 2 aromatic rings. The first-order valence-corrected chi connectivity index (χ1v) is 32.0. The van der Waals surface area contributed by atoms with Gasteiger partial charge in [-0.3, -0.25) is 28.8 Å². The third-order valence-electron chi connectivity index (χ3n) is 16.6. The van der Waals surface area contributed by atoms with Crippen molar-refractivity contribution in [3.63, 3.8) is 0 Å². The van der Waals surface area contributed by atoms with Crippen LogP contribution in [0.2, 0.25) is 0 Å². The number of unbranched alkanes of at least 4 members (excludes halogenated alkanes) is 10. The molecule has 86 heavy (non-hydrogen) atoms. The molecule has 0 atom stereocenters. The first-order chi connectivity index (χ1) is 41.7. The SMILES string of the molecule is C=CC(=O)OCCCCCCOc1ccc(OC(=O)C2CCC(C3CCC(C(=O)Oc4ccc(OCCCCCCOC(=O)C=C)c(C=C5C(=O)N(CCCC)N(CCCC)C5=O)c4)CC3)CC2)cc1C=C1C(=O)N(CCCC)N(CCCC)C1=O. The Labute approximate surface area is 509 Å². The molecular formula is C68H94N4O14. The molecule has 2 saturated heterocycles. The molecule has 2 aromatic carbocycles. The van der Waals surface area contributed by atoms with Crippen LogP contribution in [0.15, 0.2) is 72.9 Å². The number of rotatable bonds is 37. The van der Waals surface area contributed by atoms with E-state index in [-0.39, 0.29) is 58.5 Å². The number of hydrazine groups is 2. The molecule has 0 unspecified atom stereocenters. The summed E-state index contributed by atoms with van der Waals surface area (Å²) in [5.74, 6) is -1.30. The highest BCUT2D eigenvalue weighted by Gasteiger charge is 2.42. The third kappa shape index (κ3) is 19.9. The van der Waals surface area contributed by atoms with Crippen LogP contribution in [-0.4, -0.2) is 120 Å². The van der Waals surface area contributed by atoms with E-state index in [0.29, 0.717) is 137 Å². The molecule has 6 rings (SSSR count). The second-order valence-electron chi connectivity index (χ2n) is 23.0. The van der Waals surface area contributed by atoms with Gasteiger partial charge in [0, 0.05) is 49.5 Å². The molecule has 4 fully saturated rings. The Morgan fingerprint density at radius 1 is 0.442 bits per heavy atom. The Balaban J connectivity index is 1.05. The van der Waals surface area contributed by atoms with Gasteiger partial charge in [-0.15, -0.1) is 0 Å². The molecule has 0 radical (unpaired) electrons. The number of carbonyl (C=O) groups is 8. The van der Waals surface area contributed by atoms with E-state index < -0.39 is 11.9 Å². The molecule has 2 heterocycles. The van der Waals surface area contributed by atoms with Crippen LogP contribution >= 0.6 is 0 Å². The van der Waals surface area contributed by atoms with E-state index in [2.05, 4.69) is 13.2 Å². The van der Waals surface area contributed by atoms with Crippen LogP contribution in [0.4, 0.5) is 0 Å². The number of nitrogens with zero attached hydrogens (tertiary/aromatic N) is 4. The van der Waals surface area contributed by atoms with Crippen molar-refractivity contribution in [2.24, 2.45) is 23.7 Å². The van der Waals surface area contributed by atoms with E-state index in [1.807, 2.05) is 27.7 Å². The minimum atomic E-state index is -0.445. The highest BCUT2D eigenvalue weighted by atomic mass is 16.5. The van der Waals surface area contributed by atoms with Crippen LogP contribution < -0.4 is 18.9 Å². The van der Waals surface area contributed by atoms with Crippen molar-refractivity contribution in [2.75, 3.05) is 52.6 Å². The Morgan fingerprint density at radius 2 is 0.756 bits per heavy atom. The third-order valence-corrected chi connectivity index (χ3v) is 16.6. The Kier molecular flexibility index (Phi) is 28.4. The van der Waals surface area contributed by atoms with Gasteiger partial charge in [0.1, 0.15) is 34.1 Å². The lowest BCUT2D eigenvalue weighted by Gasteiger charge is -2.36. The van der Waals surface area contributed by atoms with E-state index in [1.54, 1.807) is 68.6 Å². The zero-order chi connectivity index (χ0) is 61.8. The predicted octanol–water partition coefficient (Wildman–Crippen LogP) is 12.3. The molecule has 2 aliphatic heterocycles. The molecule has 18 nitrogen and oxygen atoms in total. The molecule has 0 bridgehead atoms. The normalized spacial score (nSPS) is 18.7. The average molecular weight is 1190 g/mol. The standard InChI is InChI=1S/C68H94N4O14/c1-7-13-37-69-63(75)57(64(76)70(69)38-14-8-2)47-53-45-55(33-35-59(53)81-41-21-17-19-23-43-83-61(73)11-5)85-67(79)51-29-25-49(26-30-51)50-27-31-52(32-28-50)68(80)86-56-34-36-60(82-42-22-18-20-24-44-84-62(74)12-6)54(46-56)48-58-65(77)71(39-15-9-3)72(66(58)78)40-16-10-4/h11-12,33-36,45-52H,5-10,13-32,37-44H2,1-4H3. The summed E-state index contributed by atoms with van der Waals surface area (Å²) in [6, 6.07) is 10.1. The fourth-order valence-corrected chi connectivity index (χ4v) is 11.5. The van der Waals surface area contributed by atoms with Gasteiger partial charge in [0.25, 0.3) is 23.6 Å². The minimum Gasteiger partial charge on any atom is -0.493 e. The topological polar surface area (TPSA) is 205 Å². The van der Waals surface area contributed by atoms with Gasteiger partial charge in [-0.25, -0.2) is 29.6 Å². The summed E-state index contributed by atoms with van der Waals surface area (Å²) in [5.41, 5.74) is 0.996. The van der Waals surface area contributed by atoms with Crippen LogP contribution in [0.25, 0.3) is 12.2 Å². The lowest BCUT2D eigenvalue weighted by atomic mass is 9.69. The maximum Gasteiger partial charge on any atom is 0.330 e. The maximum absolute atomic E-state index is 13.9. The predicted molar refractivity (Wildman–Crippen MR) is 328 cm³/mol. The first-order valence-electron chi connectivity index (χ1n) is 32.0. The quantitative estimate of drug-likeness (QED) is 0.0203. The highest BCUT2D eigenvalue weighted by Crippen LogP contribution is 2.43. The molecule has 0 N–H and O–H groups in total. The summed E-state index contributed by atoms with van der Waals surface area (Å²) >= 11 is 0. The number of amides is 4. The van der Waals surface area contributed by atoms with E-state index in [1.165, 1.54) is 0 Å². The zero-order valence-corrected chi connectivity index (χ0v) is 51.6. The Bertz CT molecular complexity index is 2460. The monoisotopic (exact) mass is 1190 g/mol. The van der Waals surface area contributed by atoms with Gasteiger partial charge in [0.05, 0.1) is 38.3 Å². The summed E-state index contributed by atoms with van der Waals surface area (Å²) in [6.07, 6.45) is 24.2. The molecule has 470 valence electrons. The van der Waals surface area contributed by atoms with Crippen molar-refractivity contribution in [1.82, 2.24) is 20.0 Å². The van der Waals surface area contributed by atoms with Crippen molar-refractivity contribution in [3.8, 4) is 23.0 Å². The van der Waals surface area contributed by atoms with Crippen molar-refractivity contribution < 1.29 is 66.8 Å². The zero-order valence-electron chi connectivity index (χ0n) is 51.6. The number of carbonyl (C=O) groups excluding carboxylic acids is 8. The second-order valence-corrected chi connectivity index (χ2v) is 23.0. The molecule has 0 spiro atoms. The first kappa shape index (κ1) is 67.9. The van der Waals surface area contributed by atoms with E-state index >= 15 is 0 Å². The van der Waals surface area contributed by atoms with Gasteiger partial charge in [-0.2, -0.15) is 0 Å². The molecule has 0 aromatic heterocycles. The molecule has 2 aliphatic carbocycles. The number of ether oxygens (including phenoxy) is 6. The minimum absolute atomic E-state index is 0.0350. The lowest BCUT2D eigenvalue weighted by molar-refractivity contribution is -0.147. The van der Waals surface area contributed by atoms with Crippen molar-refractivity contribution in [2.45, 2.75) is 182 Å². The fourth-order valence-electron chi connectivity index (χ4n) is 11.5. The van der Waals surface area contributed by atoms with E-state index in [0.717, 1.165) is 128 Å². The Hall–Kier alpha value is -7.24. The smallest absolute Gasteiger partial charge is 0.330 e. The van der Waals surface area contributed by atoms with Crippen molar-refractivity contribution in [3.05, 3.63) is 84.0 Å². The van der Waals surface area contributed by atoms with Crippen molar-refractivity contribution in [1.29, 1.82) is 0 Å². The van der Waals surface area contributed by atoms with Gasteiger partial charge in [0.15, 0.2) is 0 Å². The molecule has 4 aliphatic rings. The second kappa shape index (κ2) is 36.0. The maximum atomic E-state index is 13.9. The summed E-state index contributed by atoms with van der Waals surface area (Å²) < 4.78 is 34.8. The average Bonchev–Trinajstić information content (AvgIpc) is 2.45. The number of benzene rings is 2. The molecule has 2 saturated carbocycles. The summed E-state index contributed by atoms with van der Waals surface area (Å²) in [4.78, 5) is 106. The van der Waals surface area contributed by atoms with Gasteiger partial charge in [0.2, 0.25) is 0 Å². The molecule has 18 heteroatoms. The molecule has 4 amide bonds. The Morgan fingerprint density at radius 3 is 1.06 bits per heavy atom. The van der Waals surface area contributed by atoms with Crippen LogP contribution in [-0.2, 0) is 47.8 Å². The van der Waals surface area contributed by atoms with Gasteiger partial charge in [-0.05, 0) is 189 Å². The fraction of sp³-hybridized carbons (Fsp3) is 0.588. The number of hydrogen-bond donors (Lipinski definition) is 0. The van der Waals surface area contributed by atoms with Gasteiger partial charge < -0.3 is 28.4 Å². The summed E-state index contributed by atoms with van der Waals surface area (Å²) in [5, 5.41) is 6.19. The summed E-state index contributed by atoms with van der Waals surface area (Å²) in [7, 11) is 0. The van der Waals surface area contributed by atoms with Gasteiger partial charge in [-0.1, -0.05) is 66.5 Å². The van der Waals surface area contributed by atoms with E-state index in [4.69, 9.17) is 28.4 Å². The van der Waals surface area contributed by atoms with Crippen LogP contribution in [0.1, 0.15) is 193 Å². The number of esters is 4. The largest absolute Gasteiger partial charge is 0.493 e. The lowest BCUT2D eigenvalue weighted by Crippen LogP contribution is -2.42. The van der Waals surface area contributed by atoms with Gasteiger partial charge >= 0.3 is 23.9 Å².